The second-order valence-corrected chi connectivity index (χ2v) is 9.52. The lowest BCUT2D eigenvalue weighted by molar-refractivity contribution is -0.138. The fraction of sp³-hybridized carbons (Fsp3) is 0.321. The first-order valence-electron chi connectivity index (χ1n) is 11.9. The predicted molar refractivity (Wildman–Crippen MR) is 127 cm³/mol. The minimum atomic E-state index is -1.23. The minimum Gasteiger partial charge on any atom is -0.448 e. The summed E-state index contributed by atoms with van der Waals surface area (Å²) in [6, 6.07) is 22.9. The van der Waals surface area contributed by atoms with E-state index in [0.29, 0.717) is 18.9 Å². The van der Waals surface area contributed by atoms with Crippen LogP contribution in [-0.2, 0) is 15.1 Å². The summed E-state index contributed by atoms with van der Waals surface area (Å²) in [5.41, 5.74) is 4.19. The van der Waals surface area contributed by atoms with Crippen LogP contribution in [0.2, 0.25) is 0 Å². The topological polar surface area (TPSA) is 95.7 Å². The zero-order valence-electron chi connectivity index (χ0n) is 19.1. The third-order valence-electron chi connectivity index (χ3n) is 7.44. The monoisotopic (exact) mass is 467 g/mol. The Bertz CT molecular complexity index is 1270. The van der Waals surface area contributed by atoms with Gasteiger partial charge >= 0.3 is 6.09 Å². The number of hydrogen-bond acceptors (Lipinski definition) is 6. The van der Waals surface area contributed by atoms with Crippen molar-refractivity contribution in [2.45, 2.75) is 36.4 Å². The molecule has 2 bridgehead atoms. The van der Waals surface area contributed by atoms with Crippen LogP contribution in [0.1, 0.15) is 41.3 Å². The number of nitrogens with zero attached hydrogens (tertiary/aromatic N) is 3. The molecule has 3 heterocycles. The van der Waals surface area contributed by atoms with Gasteiger partial charge in [0.1, 0.15) is 24.0 Å². The Balaban J connectivity index is 1.21. The summed E-state index contributed by atoms with van der Waals surface area (Å²) in [7, 11) is 0. The predicted octanol–water partition coefficient (Wildman–Crippen LogP) is 3.95. The first-order chi connectivity index (χ1) is 17.1. The zero-order chi connectivity index (χ0) is 24.0. The van der Waals surface area contributed by atoms with Crippen LogP contribution in [0.15, 0.2) is 66.7 Å². The molecule has 1 N–H and O–H groups in total. The van der Waals surface area contributed by atoms with Crippen molar-refractivity contribution in [3.05, 3.63) is 89.2 Å². The van der Waals surface area contributed by atoms with Crippen molar-refractivity contribution >= 4 is 6.09 Å². The quantitative estimate of drug-likeness (QED) is 0.627. The Morgan fingerprint density at radius 2 is 1.66 bits per heavy atom. The van der Waals surface area contributed by atoms with E-state index in [4.69, 9.17) is 9.47 Å². The summed E-state index contributed by atoms with van der Waals surface area (Å²) in [6.45, 7) is 0.890. The molecule has 2 aliphatic heterocycles. The van der Waals surface area contributed by atoms with Crippen LogP contribution in [0.5, 0.6) is 0 Å². The average Bonchev–Trinajstić information content (AvgIpc) is 3.20. The van der Waals surface area contributed by atoms with E-state index in [-0.39, 0.29) is 49.2 Å². The second-order valence-electron chi connectivity index (χ2n) is 9.52. The highest BCUT2D eigenvalue weighted by molar-refractivity contribution is 5.79. The largest absolute Gasteiger partial charge is 0.448 e. The van der Waals surface area contributed by atoms with Crippen molar-refractivity contribution in [3.8, 4) is 17.2 Å². The number of aliphatic hydroxyl groups is 1. The van der Waals surface area contributed by atoms with Gasteiger partial charge in [-0.15, -0.1) is 0 Å². The number of hydrogen-bond donors (Lipinski definition) is 1. The Morgan fingerprint density at radius 3 is 2.29 bits per heavy atom. The number of pyridine rings is 1. The van der Waals surface area contributed by atoms with E-state index < -0.39 is 5.60 Å². The number of rotatable bonds is 3. The van der Waals surface area contributed by atoms with Gasteiger partial charge in [-0.2, -0.15) is 5.26 Å². The van der Waals surface area contributed by atoms with Gasteiger partial charge in [0.15, 0.2) is 0 Å². The lowest BCUT2D eigenvalue weighted by Crippen LogP contribution is -2.62. The number of piperidine rings is 1. The smallest absolute Gasteiger partial charge is 0.410 e. The molecule has 35 heavy (non-hydrogen) atoms. The molecule has 0 spiro atoms. The van der Waals surface area contributed by atoms with Crippen molar-refractivity contribution in [1.82, 2.24) is 9.88 Å². The van der Waals surface area contributed by atoms with Gasteiger partial charge in [-0.25, -0.2) is 9.78 Å². The van der Waals surface area contributed by atoms with E-state index in [1.54, 1.807) is 23.1 Å². The number of carbonyl (C=O) groups excluding carboxylic acids is 1. The molecule has 1 aliphatic carbocycles. The van der Waals surface area contributed by atoms with E-state index in [1.807, 2.05) is 30.3 Å². The number of benzene rings is 2. The standard InChI is InChI=1S/C28H25N3O4/c29-14-18-6-5-11-26(30-18)28(33)12-19-15-34-16-20(13-28)31(19)27(32)35-17-25-23-9-3-1-7-21(23)22-8-2-4-10-24(22)25/h1-11,19-20,25,33H,12-13,15-17H2. The fourth-order valence-electron chi connectivity index (χ4n) is 5.91. The molecular formula is C28H25N3O4. The SMILES string of the molecule is N#Cc1cccc(C2(O)CC3COCC(C2)N3C(=O)OCC2c3ccccc3-c3ccccc32)n1. The Labute approximate surface area is 203 Å². The molecule has 2 saturated heterocycles. The van der Waals surface area contributed by atoms with Gasteiger partial charge in [-0.05, 0) is 34.4 Å². The third-order valence-corrected chi connectivity index (χ3v) is 7.44. The summed E-state index contributed by atoms with van der Waals surface area (Å²) < 4.78 is 11.6. The maximum absolute atomic E-state index is 13.3. The molecule has 1 aromatic heterocycles. The molecule has 0 radical (unpaired) electrons. The van der Waals surface area contributed by atoms with Crippen molar-refractivity contribution in [2.75, 3.05) is 19.8 Å². The molecule has 3 aromatic rings. The number of carbonyl (C=O) groups is 1. The summed E-state index contributed by atoms with van der Waals surface area (Å²) in [5.74, 6) is -0.0120. The van der Waals surface area contributed by atoms with Crippen LogP contribution in [0.25, 0.3) is 11.1 Å². The van der Waals surface area contributed by atoms with Crippen LogP contribution in [0.3, 0.4) is 0 Å². The van der Waals surface area contributed by atoms with E-state index in [0.717, 1.165) is 0 Å². The van der Waals surface area contributed by atoms with Gasteiger partial charge in [0.2, 0.25) is 0 Å². The van der Waals surface area contributed by atoms with Crippen molar-refractivity contribution in [1.29, 1.82) is 5.26 Å². The van der Waals surface area contributed by atoms with Crippen LogP contribution >= 0.6 is 0 Å². The highest BCUT2D eigenvalue weighted by atomic mass is 16.6. The number of ether oxygens (including phenoxy) is 2. The first-order valence-corrected chi connectivity index (χ1v) is 11.9. The molecule has 2 unspecified atom stereocenters. The van der Waals surface area contributed by atoms with Crippen LogP contribution in [0.4, 0.5) is 4.79 Å². The molecule has 2 fully saturated rings. The Kier molecular flexibility index (Phi) is 5.28. The first kappa shape index (κ1) is 21.8. The van der Waals surface area contributed by atoms with Gasteiger partial charge in [0.05, 0.1) is 31.0 Å². The van der Waals surface area contributed by atoms with Gasteiger partial charge in [0.25, 0.3) is 0 Å². The molecule has 7 heteroatoms. The van der Waals surface area contributed by atoms with Gasteiger partial charge in [-0.3, -0.25) is 4.90 Å². The van der Waals surface area contributed by atoms with Crippen LogP contribution < -0.4 is 0 Å². The second kappa shape index (κ2) is 8.49. The van der Waals surface area contributed by atoms with Crippen LogP contribution in [-0.4, -0.2) is 53.0 Å². The maximum Gasteiger partial charge on any atom is 0.410 e. The molecule has 2 aromatic carbocycles. The highest BCUT2D eigenvalue weighted by Crippen LogP contribution is 2.45. The van der Waals surface area contributed by atoms with Gasteiger partial charge in [-0.1, -0.05) is 54.6 Å². The number of nitriles is 1. The van der Waals surface area contributed by atoms with E-state index in [9.17, 15) is 15.2 Å². The summed E-state index contributed by atoms with van der Waals surface area (Å²) >= 11 is 0. The molecule has 2 atom stereocenters. The van der Waals surface area contributed by atoms with Crippen molar-refractivity contribution in [3.63, 3.8) is 0 Å². The van der Waals surface area contributed by atoms with Crippen molar-refractivity contribution in [2.24, 2.45) is 0 Å². The molecule has 3 aliphatic rings. The average molecular weight is 468 g/mol. The molecular weight excluding hydrogens is 442 g/mol. The molecule has 1 amide bonds. The summed E-state index contributed by atoms with van der Waals surface area (Å²) in [6.07, 6.45) is 0.163. The Morgan fingerprint density at radius 1 is 1.03 bits per heavy atom. The summed E-state index contributed by atoms with van der Waals surface area (Å²) in [5, 5.41) is 20.7. The van der Waals surface area contributed by atoms with E-state index >= 15 is 0 Å². The lowest BCUT2D eigenvalue weighted by Gasteiger charge is -2.50. The lowest BCUT2D eigenvalue weighted by atomic mass is 9.79. The minimum absolute atomic E-state index is 0.0120. The highest BCUT2D eigenvalue weighted by Gasteiger charge is 2.50. The van der Waals surface area contributed by atoms with Crippen LogP contribution in [0, 0.1) is 11.3 Å². The van der Waals surface area contributed by atoms with Crippen molar-refractivity contribution < 1.29 is 19.4 Å². The molecule has 176 valence electrons. The number of amides is 1. The Hall–Kier alpha value is -3.73. The molecule has 0 saturated carbocycles. The van der Waals surface area contributed by atoms with E-state index in [1.165, 1.54) is 22.3 Å². The number of morpholine rings is 1. The van der Waals surface area contributed by atoms with Gasteiger partial charge in [0, 0.05) is 18.8 Å². The zero-order valence-corrected chi connectivity index (χ0v) is 19.1. The van der Waals surface area contributed by atoms with Gasteiger partial charge < -0.3 is 14.6 Å². The third kappa shape index (κ3) is 3.66. The fourth-order valence-corrected chi connectivity index (χ4v) is 5.91. The summed E-state index contributed by atoms with van der Waals surface area (Å²) in [4.78, 5) is 19.4. The molecule has 6 rings (SSSR count). The molecule has 7 nitrogen and oxygen atoms in total. The normalized spacial score (nSPS) is 24.9. The number of fused-ring (bicyclic) bond motifs is 5. The maximum atomic E-state index is 13.3. The van der Waals surface area contributed by atoms with E-state index in [2.05, 4.69) is 29.2 Å². The number of aromatic nitrogens is 1.